The van der Waals surface area contributed by atoms with Gasteiger partial charge in [-0.15, -0.1) is 0 Å². The van der Waals surface area contributed by atoms with E-state index in [-0.39, 0.29) is 11.1 Å². The van der Waals surface area contributed by atoms with Crippen molar-refractivity contribution in [1.82, 2.24) is 10.3 Å². The van der Waals surface area contributed by atoms with E-state index in [0.29, 0.717) is 24.4 Å². The molecule has 28 heavy (non-hydrogen) atoms. The van der Waals surface area contributed by atoms with Crippen LogP contribution < -0.4 is 15.6 Å². The third-order valence-corrected chi connectivity index (χ3v) is 5.14. The summed E-state index contributed by atoms with van der Waals surface area (Å²) in [5.41, 5.74) is 2.16. The Hall–Kier alpha value is -2.63. The largest absolute Gasteiger partial charge is 0.487 e. The number of β-amino-alcohol motifs (C(OH)–C–C–N with tert-alkyl or cyclic N) is 1. The molecule has 1 unspecified atom stereocenters. The van der Waals surface area contributed by atoms with Crippen molar-refractivity contribution < 1.29 is 9.84 Å². The summed E-state index contributed by atoms with van der Waals surface area (Å²) in [7, 11) is 0. The summed E-state index contributed by atoms with van der Waals surface area (Å²) in [5.74, 6) is 0.592. The first-order valence-corrected chi connectivity index (χ1v) is 9.65. The summed E-state index contributed by atoms with van der Waals surface area (Å²) in [6, 6.07) is 16.8. The molecule has 0 saturated heterocycles. The normalized spacial score (nSPS) is 12.9. The van der Waals surface area contributed by atoms with Gasteiger partial charge in [-0.2, -0.15) is 0 Å². The number of H-pyrrole nitrogens is 1. The molecular weight excluding hydrogens is 352 g/mol. The van der Waals surface area contributed by atoms with Gasteiger partial charge in [0.25, 0.3) is 0 Å². The lowest BCUT2D eigenvalue weighted by atomic mass is 9.99. The molecule has 3 N–H and O–H groups in total. The van der Waals surface area contributed by atoms with Crippen molar-refractivity contribution in [2.24, 2.45) is 0 Å². The number of hydrogen-bond acceptors (Lipinski definition) is 4. The van der Waals surface area contributed by atoms with Crippen molar-refractivity contribution >= 4 is 10.9 Å². The molecule has 1 atom stereocenters. The number of rotatable bonds is 8. The minimum Gasteiger partial charge on any atom is -0.487 e. The van der Waals surface area contributed by atoms with Crippen molar-refractivity contribution in [1.29, 1.82) is 0 Å². The molecular formula is C23H28N2O3. The fourth-order valence-electron chi connectivity index (χ4n) is 3.00. The number of benzene rings is 2. The highest BCUT2D eigenvalue weighted by Gasteiger charge is 2.19. The zero-order chi connectivity index (χ0) is 20.1. The molecule has 0 aliphatic rings. The van der Waals surface area contributed by atoms with E-state index in [1.807, 2.05) is 42.5 Å². The van der Waals surface area contributed by atoms with Gasteiger partial charge in [-0.1, -0.05) is 43.3 Å². The molecule has 0 aliphatic carbocycles. The maximum Gasteiger partial charge on any atom is 0.248 e. The molecule has 3 rings (SSSR count). The van der Waals surface area contributed by atoms with Crippen LogP contribution in [0.1, 0.15) is 44.4 Å². The van der Waals surface area contributed by atoms with Crippen LogP contribution in [0, 0.1) is 0 Å². The van der Waals surface area contributed by atoms with Crippen LogP contribution in [0.4, 0.5) is 0 Å². The molecule has 0 bridgehead atoms. The molecule has 5 nitrogen and oxygen atoms in total. The van der Waals surface area contributed by atoms with E-state index in [0.717, 1.165) is 22.9 Å². The van der Waals surface area contributed by atoms with Crippen molar-refractivity contribution in [2.75, 3.05) is 6.54 Å². The van der Waals surface area contributed by atoms with E-state index in [1.165, 1.54) is 6.07 Å². The zero-order valence-corrected chi connectivity index (χ0v) is 16.7. The van der Waals surface area contributed by atoms with Crippen LogP contribution in [0.25, 0.3) is 10.9 Å². The first-order chi connectivity index (χ1) is 13.4. The number of aliphatic hydroxyl groups is 1. The lowest BCUT2D eigenvalue weighted by Crippen LogP contribution is -2.40. The zero-order valence-electron chi connectivity index (χ0n) is 16.7. The number of aromatic amines is 1. The second-order valence-electron chi connectivity index (χ2n) is 7.67. The van der Waals surface area contributed by atoms with Gasteiger partial charge in [0.15, 0.2) is 0 Å². The maximum absolute atomic E-state index is 11.9. The molecule has 0 aliphatic heterocycles. The van der Waals surface area contributed by atoms with Crippen LogP contribution in [0.5, 0.6) is 5.75 Å². The molecule has 2 aromatic carbocycles. The van der Waals surface area contributed by atoms with Crippen LogP contribution in [-0.2, 0) is 6.61 Å². The molecule has 3 aromatic rings. The molecule has 0 radical (unpaired) electrons. The van der Waals surface area contributed by atoms with Gasteiger partial charge < -0.3 is 20.1 Å². The molecule has 1 heterocycles. The summed E-state index contributed by atoms with van der Waals surface area (Å²) in [4.78, 5) is 14.8. The maximum atomic E-state index is 11.9. The minimum absolute atomic E-state index is 0.0518. The predicted molar refractivity (Wildman–Crippen MR) is 113 cm³/mol. The fraction of sp³-hybridized carbons (Fsp3) is 0.348. The van der Waals surface area contributed by atoms with Crippen molar-refractivity contribution in [3.63, 3.8) is 0 Å². The Morgan fingerprint density at radius 2 is 1.86 bits per heavy atom. The van der Waals surface area contributed by atoms with E-state index in [2.05, 4.69) is 31.1 Å². The van der Waals surface area contributed by atoms with Gasteiger partial charge in [0.05, 0.1) is 11.6 Å². The lowest BCUT2D eigenvalue weighted by molar-refractivity contribution is 0.161. The Morgan fingerprint density at radius 3 is 2.57 bits per heavy atom. The first kappa shape index (κ1) is 20.1. The van der Waals surface area contributed by atoms with Gasteiger partial charge in [0.1, 0.15) is 12.4 Å². The van der Waals surface area contributed by atoms with Crippen molar-refractivity contribution in [2.45, 2.75) is 45.4 Å². The smallest absolute Gasteiger partial charge is 0.248 e. The minimum atomic E-state index is -0.692. The summed E-state index contributed by atoms with van der Waals surface area (Å²) in [5, 5.41) is 14.9. The van der Waals surface area contributed by atoms with E-state index in [1.54, 1.807) is 6.07 Å². The Balaban J connectivity index is 1.88. The van der Waals surface area contributed by atoms with Gasteiger partial charge >= 0.3 is 0 Å². The molecule has 148 valence electrons. The monoisotopic (exact) mass is 380 g/mol. The average Bonchev–Trinajstić information content (AvgIpc) is 2.71. The summed E-state index contributed by atoms with van der Waals surface area (Å²) >= 11 is 0. The molecule has 1 aromatic heterocycles. The number of pyridine rings is 1. The number of fused-ring (bicyclic) bond motifs is 1. The highest BCUT2D eigenvalue weighted by Crippen LogP contribution is 2.30. The Labute approximate surface area is 165 Å². The molecule has 0 amide bonds. The van der Waals surface area contributed by atoms with Crippen LogP contribution in [-0.4, -0.2) is 22.2 Å². The molecule has 0 fully saturated rings. The average molecular weight is 380 g/mol. The standard InChI is InChI=1S/C23H28N2O3/c1-4-23(2,3)24-14-19(26)17-10-12-20(22-18(17)11-13-21(27)25-22)28-15-16-8-6-5-7-9-16/h5-13,19,24,26H,4,14-15H2,1-3H3,(H,25,27). The molecule has 0 spiro atoms. The molecule has 0 saturated carbocycles. The summed E-state index contributed by atoms with van der Waals surface area (Å²) in [6.45, 7) is 7.16. The van der Waals surface area contributed by atoms with Crippen molar-refractivity contribution in [3.8, 4) is 5.75 Å². The van der Waals surface area contributed by atoms with Gasteiger partial charge in [-0.05, 0) is 43.5 Å². The van der Waals surface area contributed by atoms with Gasteiger partial charge in [-0.25, -0.2) is 0 Å². The van der Waals surface area contributed by atoms with Gasteiger partial charge in [0.2, 0.25) is 5.56 Å². The molecule has 5 heteroatoms. The number of nitrogens with one attached hydrogen (secondary N) is 2. The first-order valence-electron chi connectivity index (χ1n) is 9.65. The van der Waals surface area contributed by atoms with E-state index in [9.17, 15) is 9.90 Å². The highest BCUT2D eigenvalue weighted by atomic mass is 16.5. The van der Waals surface area contributed by atoms with Gasteiger partial charge in [0, 0.05) is 23.5 Å². The SMILES string of the molecule is CCC(C)(C)NCC(O)c1ccc(OCc2ccccc2)c2[nH]c(=O)ccc12. The number of ether oxygens (including phenoxy) is 1. The van der Waals surface area contributed by atoms with Crippen molar-refractivity contribution in [3.05, 3.63) is 76.1 Å². The summed E-state index contributed by atoms with van der Waals surface area (Å²) in [6.07, 6.45) is 0.266. The van der Waals surface area contributed by atoms with Crippen LogP contribution >= 0.6 is 0 Å². The second-order valence-corrected chi connectivity index (χ2v) is 7.67. The predicted octanol–water partition coefficient (Wildman–Crippen LogP) is 3.92. The Morgan fingerprint density at radius 1 is 1.11 bits per heavy atom. The highest BCUT2D eigenvalue weighted by molar-refractivity contribution is 5.87. The third-order valence-electron chi connectivity index (χ3n) is 5.14. The van der Waals surface area contributed by atoms with E-state index in [4.69, 9.17) is 4.74 Å². The third kappa shape index (κ3) is 4.80. The lowest BCUT2D eigenvalue weighted by Gasteiger charge is -2.26. The second kappa shape index (κ2) is 8.59. The van der Waals surface area contributed by atoms with E-state index >= 15 is 0 Å². The van der Waals surface area contributed by atoms with Crippen LogP contribution in [0.2, 0.25) is 0 Å². The number of aliphatic hydroxyl groups excluding tert-OH is 1. The van der Waals surface area contributed by atoms with Gasteiger partial charge in [-0.3, -0.25) is 4.79 Å². The number of hydrogen-bond donors (Lipinski definition) is 3. The fourth-order valence-corrected chi connectivity index (χ4v) is 3.00. The van der Waals surface area contributed by atoms with E-state index < -0.39 is 6.10 Å². The number of aromatic nitrogens is 1. The quantitative estimate of drug-likeness (QED) is 0.554. The van der Waals surface area contributed by atoms with Crippen LogP contribution in [0.15, 0.2) is 59.4 Å². The Kier molecular flexibility index (Phi) is 6.17. The summed E-state index contributed by atoms with van der Waals surface area (Å²) < 4.78 is 5.96. The van der Waals surface area contributed by atoms with Crippen LogP contribution in [0.3, 0.4) is 0 Å². The topological polar surface area (TPSA) is 74.3 Å². The Bertz CT molecular complexity index is 980.